The first-order valence-electron chi connectivity index (χ1n) is 11.8. The fraction of sp³-hybridized carbons (Fsp3) is 0.179. The fourth-order valence-corrected chi connectivity index (χ4v) is 4.11. The number of hydrogen-bond acceptors (Lipinski definition) is 3. The predicted octanol–water partition coefficient (Wildman–Crippen LogP) is 5.19. The van der Waals surface area contributed by atoms with Gasteiger partial charge in [0.25, 0.3) is 0 Å². The van der Waals surface area contributed by atoms with Crippen molar-refractivity contribution in [2.24, 2.45) is 0 Å². The number of fused-ring (bicyclic) bond motifs is 1. The largest absolute Gasteiger partial charge is 0.342 e. The highest BCUT2D eigenvalue weighted by atomic mass is 16.2. The number of aromatic nitrogens is 4. The number of aromatic amines is 1. The lowest BCUT2D eigenvalue weighted by Gasteiger charge is -2.18. The minimum atomic E-state index is -0.110. The summed E-state index contributed by atoms with van der Waals surface area (Å²) in [7, 11) is 1.81. The normalized spacial score (nSPS) is 11.0. The van der Waals surface area contributed by atoms with Gasteiger partial charge in [-0.3, -0.25) is 0 Å². The summed E-state index contributed by atoms with van der Waals surface area (Å²) in [5, 5.41) is 7.86. The molecule has 0 radical (unpaired) electrons. The zero-order valence-electron chi connectivity index (χ0n) is 19.7. The van der Waals surface area contributed by atoms with Crippen molar-refractivity contribution in [1.82, 2.24) is 30.0 Å². The third kappa shape index (κ3) is 5.24. The summed E-state index contributed by atoms with van der Waals surface area (Å²) in [6.45, 7) is 1.03. The molecule has 2 heterocycles. The molecule has 0 spiro atoms. The van der Waals surface area contributed by atoms with Crippen molar-refractivity contribution >= 4 is 17.1 Å². The van der Waals surface area contributed by atoms with Crippen LogP contribution in [0.4, 0.5) is 4.79 Å². The van der Waals surface area contributed by atoms with E-state index in [1.807, 2.05) is 103 Å². The number of H-pyrrole nitrogens is 1. The molecular weight excluding hydrogens is 436 g/mol. The average molecular weight is 465 g/mol. The number of amides is 2. The maximum atomic E-state index is 12.8. The Morgan fingerprint density at radius 1 is 0.971 bits per heavy atom. The summed E-state index contributed by atoms with van der Waals surface area (Å²) >= 11 is 0. The number of hydrogen-bond donors (Lipinski definition) is 2. The molecule has 2 aromatic heterocycles. The molecule has 5 aromatic rings. The van der Waals surface area contributed by atoms with Crippen LogP contribution in [0.5, 0.6) is 0 Å². The number of nitrogens with one attached hydrogen (secondary N) is 2. The number of benzene rings is 3. The van der Waals surface area contributed by atoms with Crippen LogP contribution in [0, 0.1) is 0 Å². The second-order valence-electron chi connectivity index (χ2n) is 8.54. The molecule has 0 saturated carbocycles. The van der Waals surface area contributed by atoms with Gasteiger partial charge in [-0.15, -0.1) is 0 Å². The van der Waals surface area contributed by atoms with Crippen LogP contribution in [0.3, 0.4) is 0 Å². The quantitative estimate of drug-likeness (QED) is 0.310. The molecule has 35 heavy (non-hydrogen) atoms. The molecular formula is C28H28N6O. The first-order chi connectivity index (χ1) is 17.2. The summed E-state index contributed by atoms with van der Waals surface area (Å²) in [5.41, 5.74) is 5.87. The molecule has 7 nitrogen and oxygen atoms in total. The van der Waals surface area contributed by atoms with Crippen molar-refractivity contribution in [3.63, 3.8) is 0 Å². The Kier molecular flexibility index (Phi) is 6.57. The number of para-hydroxylation sites is 3. The summed E-state index contributed by atoms with van der Waals surface area (Å²) in [6.07, 6.45) is 3.59. The topological polar surface area (TPSA) is 78.8 Å². The predicted molar refractivity (Wildman–Crippen MR) is 138 cm³/mol. The van der Waals surface area contributed by atoms with E-state index in [0.717, 1.165) is 52.2 Å². The third-order valence-corrected chi connectivity index (χ3v) is 5.92. The van der Waals surface area contributed by atoms with E-state index in [2.05, 4.69) is 15.3 Å². The molecule has 7 heteroatoms. The first-order valence-corrected chi connectivity index (χ1v) is 11.8. The Labute approximate surface area is 204 Å². The summed E-state index contributed by atoms with van der Waals surface area (Å²) < 4.78 is 1.87. The lowest BCUT2D eigenvalue weighted by Crippen LogP contribution is -2.37. The lowest BCUT2D eigenvalue weighted by molar-refractivity contribution is 0.207. The van der Waals surface area contributed by atoms with Crippen molar-refractivity contribution < 1.29 is 4.79 Å². The van der Waals surface area contributed by atoms with Gasteiger partial charge in [-0.1, -0.05) is 60.7 Å². The molecule has 0 bridgehead atoms. The fourth-order valence-electron chi connectivity index (χ4n) is 4.11. The van der Waals surface area contributed by atoms with Gasteiger partial charge >= 0.3 is 6.03 Å². The van der Waals surface area contributed by atoms with E-state index in [1.54, 1.807) is 4.90 Å². The Morgan fingerprint density at radius 3 is 2.46 bits per heavy atom. The highest BCUT2D eigenvalue weighted by molar-refractivity contribution is 5.75. The van der Waals surface area contributed by atoms with Crippen LogP contribution in [0.25, 0.3) is 28.0 Å². The zero-order chi connectivity index (χ0) is 24.0. The van der Waals surface area contributed by atoms with Crippen LogP contribution in [0.1, 0.15) is 17.8 Å². The van der Waals surface area contributed by atoms with Gasteiger partial charge in [-0.2, -0.15) is 5.10 Å². The van der Waals surface area contributed by atoms with Gasteiger partial charge in [0.05, 0.1) is 29.0 Å². The number of urea groups is 1. The van der Waals surface area contributed by atoms with Crippen molar-refractivity contribution in [3.8, 4) is 16.9 Å². The molecule has 176 valence electrons. The molecule has 0 aliphatic carbocycles. The standard InChI is InChI=1S/C28H28N6O/c1-33(28(35)29-18-10-17-26-30-24-15-8-9-16-25(24)31-26)19-22-20-34(23-13-6-3-7-14-23)32-27(22)21-11-4-2-5-12-21/h2-9,11-16,20H,10,17-19H2,1H3,(H,29,35)(H,30,31). The van der Waals surface area contributed by atoms with E-state index < -0.39 is 0 Å². The Hall–Kier alpha value is -4.39. The van der Waals surface area contributed by atoms with Crippen LogP contribution < -0.4 is 5.32 Å². The Morgan fingerprint density at radius 2 is 1.69 bits per heavy atom. The highest BCUT2D eigenvalue weighted by Gasteiger charge is 2.16. The molecule has 0 atom stereocenters. The molecule has 3 aromatic carbocycles. The van der Waals surface area contributed by atoms with Crippen molar-refractivity contribution in [1.29, 1.82) is 0 Å². The van der Waals surface area contributed by atoms with E-state index in [0.29, 0.717) is 13.1 Å². The molecule has 0 fully saturated rings. The summed E-state index contributed by atoms with van der Waals surface area (Å²) in [6, 6.07) is 27.9. The van der Waals surface area contributed by atoms with Crippen LogP contribution in [0.15, 0.2) is 91.1 Å². The highest BCUT2D eigenvalue weighted by Crippen LogP contribution is 2.24. The number of rotatable bonds is 8. The molecule has 2 amide bonds. The van der Waals surface area contributed by atoms with Crippen LogP contribution in [0.2, 0.25) is 0 Å². The lowest BCUT2D eigenvalue weighted by atomic mass is 10.1. The number of imidazole rings is 1. The van der Waals surface area contributed by atoms with Gasteiger partial charge in [0.1, 0.15) is 5.82 Å². The Bertz CT molecular complexity index is 1370. The Balaban J connectivity index is 1.22. The molecule has 2 N–H and O–H groups in total. The van der Waals surface area contributed by atoms with Crippen LogP contribution in [-0.2, 0) is 13.0 Å². The van der Waals surface area contributed by atoms with Crippen LogP contribution >= 0.6 is 0 Å². The van der Waals surface area contributed by atoms with Gasteiger partial charge in [0.2, 0.25) is 0 Å². The summed E-state index contributed by atoms with van der Waals surface area (Å²) in [5.74, 6) is 0.939. The van der Waals surface area contributed by atoms with Gasteiger partial charge in [0.15, 0.2) is 0 Å². The molecule has 0 aliphatic heterocycles. The number of aryl methyl sites for hydroxylation is 1. The SMILES string of the molecule is CN(Cc1cn(-c2ccccc2)nc1-c1ccccc1)C(=O)NCCCc1nc2ccccc2[nH]1. The zero-order valence-corrected chi connectivity index (χ0v) is 19.7. The van der Waals surface area contributed by atoms with E-state index in [1.165, 1.54) is 0 Å². The monoisotopic (exact) mass is 464 g/mol. The first kappa shape index (κ1) is 22.4. The maximum absolute atomic E-state index is 12.8. The molecule has 0 aliphatic rings. The van der Waals surface area contributed by atoms with Gasteiger partial charge in [-0.05, 0) is 30.7 Å². The van der Waals surface area contributed by atoms with Crippen LogP contribution in [-0.4, -0.2) is 44.3 Å². The molecule has 0 unspecified atom stereocenters. The smallest absolute Gasteiger partial charge is 0.317 e. The average Bonchev–Trinajstić information content (AvgIpc) is 3.51. The second kappa shape index (κ2) is 10.3. The van der Waals surface area contributed by atoms with E-state index >= 15 is 0 Å². The van der Waals surface area contributed by atoms with Crippen molar-refractivity contribution in [2.75, 3.05) is 13.6 Å². The van der Waals surface area contributed by atoms with Gasteiger partial charge in [0, 0.05) is 37.3 Å². The van der Waals surface area contributed by atoms with Crippen molar-refractivity contribution in [3.05, 3.63) is 103 Å². The maximum Gasteiger partial charge on any atom is 0.317 e. The third-order valence-electron chi connectivity index (χ3n) is 5.92. The number of nitrogens with zero attached hydrogens (tertiary/aromatic N) is 4. The minimum absolute atomic E-state index is 0.110. The van der Waals surface area contributed by atoms with Crippen molar-refractivity contribution in [2.45, 2.75) is 19.4 Å². The van der Waals surface area contributed by atoms with Gasteiger partial charge in [-0.25, -0.2) is 14.5 Å². The molecule has 5 rings (SSSR count). The summed E-state index contributed by atoms with van der Waals surface area (Å²) in [4.78, 5) is 22.4. The minimum Gasteiger partial charge on any atom is -0.342 e. The van der Waals surface area contributed by atoms with Gasteiger partial charge < -0.3 is 15.2 Å². The van der Waals surface area contributed by atoms with E-state index in [-0.39, 0.29) is 6.03 Å². The molecule has 0 saturated heterocycles. The number of carbonyl (C=O) groups is 1. The second-order valence-corrected chi connectivity index (χ2v) is 8.54. The van der Waals surface area contributed by atoms with E-state index in [4.69, 9.17) is 5.10 Å². The number of carbonyl (C=O) groups excluding carboxylic acids is 1. The van der Waals surface area contributed by atoms with E-state index in [9.17, 15) is 4.79 Å².